The van der Waals surface area contributed by atoms with Gasteiger partial charge in [-0.15, -0.1) is 0 Å². The summed E-state index contributed by atoms with van der Waals surface area (Å²) in [6.07, 6.45) is 3.25. The zero-order chi connectivity index (χ0) is 13.7. The van der Waals surface area contributed by atoms with E-state index in [2.05, 4.69) is 20.6 Å². The Bertz CT molecular complexity index is 549. The van der Waals surface area contributed by atoms with Gasteiger partial charge in [0.05, 0.1) is 6.54 Å². The Morgan fingerprint density at radius 3 is 2.37 bits per heavy atom. The summed E-state index contributed by atoms with van der Waals surface area (Å²) in [5.74, 6) is 0.323. The molecule has 0 unspecified atom stereocenters. The minimum absolute atomic E-state index is 0.121. The lowest BCUT2D eigenvalue weighted by Gasteiger charge is -2.11. The fourth-order valence-electron chi connectivity index (χ4n) is 1.74. The van der Waals surface area contributed by atoms with Crippen molar-refractivity contribution in [3.63, 3.8) is 0 Å². The van der Waals surface area contributed by atoms with Crippen LogP contribution in [0.15, 0.2) is 36.7 Å². The highest BCUT2D eigenvalue weighted by Gasteiger charge is 2.07. The van der Waals surface area contributed by atoms with E-state index in [1.54, 1.807) is 18.5 Å². The van der Waals surface area contributed by atoms with Crippen molar-refractivity contribution < 1.29 is 4.79 Å². The number of carbonyl (C=O) groups is 1. The molecule has 5 nitrogen and oxygen atoms in total. The number of rotatable bonds is 4. The molecule has 0 spiro atoms. The van der Waals surface area contributed by atoms with Gasteiger partial charge in [-0.05, 0) is 31.0 Å². The van der Waals surface area contributed by atoms with E-state index in [1.807, 2.05) is 32.0 Å². The third kappa shape index (κ3) is 3.51. The molecular weight excluding hydrogens is 240 g/mol. The Balaban J connectivity index is 1.95. The van der Waals surface area contributed by atoms with Crippen LogP contribution in [-0.4, -0.2) is 22.4 Å². The van der Waals surface area contributed by atoms with Gasteiger partial charge in [0.2, 0.25) is 11.9 Å². The molecule has 0 aliphatic rings. The topological polar surface area (TPSA) is 66.9 Å². The van der Waals surface area contributed by atoms with E-state index in [9.17, 15) is 4.79 Å². The molecule has 0 fully saturated rings. The van der Waals surface area contributed by atoms with Crippen LogP contribution >= 0.6 is 0 Å². The fourth-order valence-corrected chi connectivity index (χ4v) is 1.74. The molecule has 5 heteroatoms. The largest absolute Gasteiger partial charge is 0.345 e. The first-order chi connectivity index (χ1) is 9.16. The van der Waals surface area contributed by atoms with E-state index in [-0.39, 0.29) is 12.5 Å². The van der Waals surface area contributed by atoms with Crippen molar-refractivity contribution in [3.05, 3.63) is 47.8 Å². The molecule has 19 heavy (non-hydrogen) atoms. The number of aromatic nitrogens is 2. The van der Waals surface area contributed by atoms with Crippen molar-refractivity contribution in [2.45, 2.75) is 13.8 Å². The lowest BCUT2D eigenvalue weighted by atomic mass is 10.1. The van der Waals surface area contributed by atoms with Crippen molar-refractivity contribution >= 4 is 17.5 Å². The quantitative estimate of drug-likeness (QED) is 0.879. The molecule has 98 valence electrons. The van der Waals surface area contributed by atoms with Crippen LogP contribution in [0.1, 0.15) is 11.1 Å². The number of aryl methyl sites for hydroxylation is 2. The van der Waals surface area contributed by atoms with Crippen LogP contribution in [-0.2, 0) is 4.79 Å². The number of amides is 1. The van der Waals surface area contributed by atoms with Crippen LogP contribution in [0.3, 0.4) is 0 Å². The van der Waals surface area contributed by atoms with Crippen molar-refractivity contribution in [2.24, 2.45) is 0 Å². The highest BCUT2D eigenvalue weighted by Crippen LogP contribution is 2.19. The first-order valence-corrected chi connectivity index (χ1v) is 6.04. The van der Waals surface area contributed by atoms with E-state index in [0.29, 0.717) is 5.95 Å². The molecule has 1 aromatic carbocycles. The minimum atomic E-state index is -0.121. The van der Waals surface area contributed by atoms with Crippen LogP contribution < -0.4 is 10.6 Å². The van der Waals surface area contributed by atoms with Crippen molar-refractivity contribution in [1.82, 2.24) is 9.97 Å². The number of hydrogen-bond acceptors (Lipinski definition) is 4. The molecule has 1 heterocycles. The maximum absolute atomic E-state index is 11.9. The molecular formula is C14H16N4O. The Morgan fingerprint density at radius 1 is 1.11 bits per heavy atom. The standard InChI is InChI=1S/C14H16N4O/c1-10-5-3-6-11(2)13(10)18-12(19)9-17-14-15-7-4-8-16-14/h3-8H,9H2,1-2H3,(H,18,19)(H,15,16,17). The third-order valence-corrected chi connectivity index (χ3v) is 2.72. The van der Waals surface area contributed by atoms with Gasteiger partial charge in [0.25, 0.3) is 0 Å². The summed E-state index contributed by atoms with van der Waals surface area (Å²) in [5, 5.41) is 5.76. The average Bonchev–Trinajstić information content (AvgIpc) is 2.42. The van der Waals surface area contributed by atoms with Crippen LogP contribution in [0, 0.1) is 13.8 Å². The summed E-state index contributed by atoms with van der Waals surface area (Å²) in [5.41, 5.74) is 2.96. The molecule has 1 amide bonds. The molecule has 0 saturated carbocycles. The first kappa shape index (κ1) is 13.0. The van der Waals surface area contributed by atoms with Gasteiger partial charge in [-0.1, -0.05) is 18.2 Å². The second-order valence-electron chi connectivity index (χ2n) is 4.24. The van der Waals surface area contributed by atoms with Gasteiger partial charge in [0, 0.05) is 18.1 Å². The number of hydrogen-bond donors (Lipinski definition) is 2. The van der Waals surface area contributed by atoms with E-state index in [0.717, 1.165) is 16.8 Å². The normalized spacial score (nSPS) is 10.0. The predicted molar refractivity (Wildman–Crippen MR) is 75.1 cm³/mol. The molecule has 2 rings (SSSR count). The molecule has 2 aromatic rings. The second-order valence-corrected chi connectivity index (χ2v) is 4.24. The monoisotopic (exact) mass is 256 g/mol. The van der Waals surface area contributed by atoms with Crippen molar-refractivity contribution in [3.8, 4) is 0 Å². The van der Waals surface area contributed by atoms with Crippen molar-refractivity contribution in [2.75, 3.05) is 17.2 Å². The van der Waals surface area contributed by atoms with Crippen LogP contribution in [0.25, 0.3) is 0 Å². The summed E-state index contributed by atoms with van der Waals surface area (Å²) in [6.45, 7) is 4.07. The van der Waals surface area contributed by atoms with Gasteiger partial charge in [0.15, 0.2) is 0 Å². The van der Waals surface area contributed by atoms with Gasteiger partial charge in [-0.2, -0.15) is 0 Å². The van der Waals surface area contributed by atoms with Gasteiger partial charge in [0.1, 0.15) is 0 Å². The summed E-state index contributed by atoms with van der Waals surface area (Å²) in [7, 11) is 0. The highest BCUT2D eigenvalue weighted by molar-refractivity contribution is 5.94. The van der Waals surface area contributed by atoms with Gasteiger partial charge in [-0.25, -0.2) is 9.97 Å². The van der Waals surface area contributed by atoms with Crippen LogP contribution in [0.5, 0.6) is 0 Å². The van der Waals surface area contributed by atoms with Crippen molar-refractivity contribution in [1.29, 1.82) is 0 Å². The highest BCUT2D eigenvalue weighted by atomic mass is 16.1. The number of benzene rings is 1. The number of nitrogens with zero attached hydrogens (tertiary/aromatic N) is 2. The summed E-state index contributed by atoms with van der Waals surface area (Å²) < 4.78 is 0. The molecule has 0 bridgehead atoms. The zero-order valence-corrected chi connectivity index (χ0v) is 11.0. The first-order valence-electron chi connectivity index (χ1n) is 6.04. The van der Waals surface area contributed by atoms with Crippen LogP contribution in [0.2, 0.25) is 0 Å². The molecule has 2 N–H and O–H groups in total. The Kier molecular flexibility index (Phi) is 4.07. The SMILES string of the molecule is Cc1cccc(C)c1NC(=O)CNc1ncccn1. The Hall–Kier alpha value is -2.43. The van der Waals surface area contributed by atoms with Gasteiger partial charge < -0.3 is 10.6 Å². The van der Waals surface area contributed by atoms with E-state index in [4.69, 9.17) is 0 Å². The lowest BCUT2D eigenvalue weighted by Crippen LogP contribution is -2.23. The maximum Gasteiger partial charge on any atom is 0.243 e. The molecule has 0 saturated heterocycles. The van der Waals surface area contributed by atoms with E-state index in [1.165, 1.54) is 0 Å². The average molecular weight is 256 g/mol. The predicted octanol–water partition coefficient (Wildman–Crippen LogP) is 2.14. The smallest absolute Gasteiger partial charge is 0.243 e. The Labute approximate surface area is 112 Å². The lowest BCUT2D eigenvalue weighted by molar-refractivity contribution is -0.114. The molecule has 0 atom stereocenters. The Morgan fingerprint density at radius 2 is 1.74 bits per heavy atom. The molecule has 1 aromatic heterocycles. The minimum Gasteiger partial charge on any atom is -0.345 e. The molecule has 0 radical (unpaired) electrons. The van der Waals surface area contributed by atoms with E-state index >= 15 is 0 Å². The molecule has 0 aliphatic carbocycles. The number of para-hydroxylation sites is 1. The summed E-state index contributed by atoms with van der Waals surface area (Å²) in [6, 6.07) is 7.63. The number of carbonyl (C=O) groups excluding carboxylic acids is 1. The maximum atomic E-state index is 11.9. The fraction of sp³-hybridized carbons (Fsp3) is 0.214. The molecule has 0 aliphatic heterocycles. The van der Waals surface area contributed by atoms with Gasteiger partial charge >= 0.3 is 0 Å². The summed E-state index contributed by atoms with van der Waals surface area (Å²) in [4.78, 5) is 19.8. The second kappa shape index (κ2) is 5.95. The van der Waals surface area contributed by atoms with Gasteiger partial charge in [-0.3, -0.25) is 4.79 Å². The zero-order valence-electron chi connectivity index (χ0n) is 11.0. The summed E-state index contributed by atoms with van der Waals surface area (Å²) >= 11 is 0. The van der Waals surface area contributed by atoms with Crippen LogP contribution in [0.4, 0.5) is 11.6 Å². The number of nitrogens with one attached hydrogen (secondary N) is 2. The third-order valence-electron chi connectivity index (χ3n) is 2.72. The van der Waals surface area contributed by atoms with E-state index < -0.39 is 0 Å². The number of anilines is 2.